The van der Waals surface area contributed by atoms with Gasteiger partial charge in [-0.15, -0.1) is 0 Å². The minimum Gasteiger partial charge on any atom is -0.391 e. The first-order valence-electron chi connectivity index (χ1n) is 8.92. The quantitative estimate of drug-likeness (QED) is 0.775. The van der Waals surface area contributed by atoms with Gasteiger partial charge < -0.3 is 20.6 Å². The van der Waals surface area contributed by atoms with Gasteiger partial charge in [0.1, 0.15) is 0 Å². The number of hydrogen-bond acceptors (Lipinski definition) is 4. The van der Waals surface area contributed by atoms with E-state index in [0.717, 1.165) is 25.9 Å². The molecule has 0 saturated carbocycles. The maximum absolute atomic E-state index is 12.7. The molecule has 2 fully saturated rings. The van der Waals surface area contributed by atoms with E-state index in [4.69, 9.17) is 5.73 Å². The Kier molecular flexibility index (Phi) is 6.09. The van der Waals surface area contributed by atoms with Crippen molar-refractivity contribution in [1.29, 1.82) is 0 Å². The fourth-order valence-electron chi connectivity index (χ4n) is 3.31. The molecule has 2 rings (SSSR count). The maximum atomic E-state index is 12.7. The lowest BCUT2D eigenvalue weighted by atomic mass is 9.89. The first-order chi connectivity index (χ1) is 11.2. The van der Waals surface area contributed by atoms with Gasteiger partial charge in [-0.3, -0.25) is 9.69 Å². The number of likely N-dealkylation sites (tertiary alicyclic amines) is 1. The van der Waals surface area contributed by atoms with Crippen LogP contribution in [-0.2, 0) is 4.79 Å². The van der Waals surface area contributed by atoms with Gasteiger partial charge in [0.25, 0.3) is 0 Å². The average molecular weight is 340 g/mol. The van der Waals surface area contributed by atoms with Crippen LogP contribution in [0.3, 0.4) is 0 Å². The molecule has 24 heavy (non-hydrogen) atoms. The third kappa shape index (κ3) is 4.83. The minimum absolute atomic E-state index is 0.127. The molecule has 0 aromatic carbocycles. The topological polar surface area (TPSA) is 90.1 Å². The van der Waals surface area contributed by atoms with Crippen LogP contribution in [0.25, 0.3) is 0 Å². The highest BCUT2D eigenvalue weighted by atomic mass is 16.3. The third-order valence-electron chi connectivity index (χ3n) is 5.20. The number of nitrogens with zero attached hydrogens (tertiary/aromatic N) is 3. The van der Waals surface area contributed by atoms with Crippen molar-refractivity contribution in [2.45, 2.75) is 39.7 Å². The van der Waals surface area contributed by atoms with E-state index in [0.29, 0.717) is 32.7 Å². The van der Waals surface area contributed by atoms with Crippen LogP contribution in [0.5, 0.6) is 0 Å². The molecule has 2 heterocycles. The molecule has 2 saturated heterocycles. The van der Waals surface area contributed by atoms with Crippen molar-refractivity contribution in [3.63, 3.8) is 0 Å². The van der Waals surface area contributed by atoms with Gasteiger partial charge in [0.05, 0.1) is 12.0 Å². The highest BCUT2D eigenvalue weighted by molar-refractivity contribution is 5.80. The van der Waals surface area contributed by atoms with Gasteiger partial charge in [-0.1, -0.05) is 20.8 Å². The normalized spacial score (nSPS) is 24.8. The summed E-state index contributed by atoms with van der Waals surface area (Å²) in [4.78, 5) is 29.7. The molecule has 0 radical (unpaired) electrons. The van der Waals surface area contributed by atoms with Crippen molar-refractivity contribution < 1.29 is 14.7 Å². The SMILES string of the molecule is CC(C)(C)[C@@H](O)CN1CCN(C(=O)[C@H]2CCCN(C(N)=O)C2)CC1. The first-order valence-corrected chi connectivity index (χ1v) is 8.92. The lowest BCUT2D eigenvalue weighted by Gasteiger charge is -2.40. The molecule has 7 heteroatoms. The van der Waals surface area contributed by atoms with Crippen LogP contribution in [0.1, 0.15) is 33.6 Å². The number of aliphatic hydroxyl groups is 1. The molecule has 2 aliphatic heterocycles. The molecule has 0 spiro atoms. The van der Waals surface area contributed by atoms with Crippen LogP contribution in [0.15, 0.2) is 0 Å². The van der Waals surface area contributed by atoms with Crippen LogP contribution in [0, 0.1) is 11.3 Å². The second-order valence-corrected chi connectivity index (χ2v) is 8.13. The molecule has 3 N–H and O–H groups in total. The lowest BCUT2D eigenvalue weighted by molar-refractivity contribution is -0.139. The lowest BCUT2D eigenvalue weighted by Crippen LogP contribution is -2.54. The van der Waals surface area contributed by atoms with Crippen LogP contribution in [0.4, 0.5) is 4.79 Å². The Hall–Kier alpha value is -1.34. The predicted octanol–water partition coefficient (Wildman–Crippen LogP) is 0.328. The minimum atomic E-state index is -0.437. The molecule has 0 bridgehead atoms. The predicted molar refractivity (Wildman–Crippen MR) is 92.4 cm³/mol. The number of aliphatic hydroxyl groups excluding tert-OH is 1. The van der Waals surface area contributed by atoms with E-state index in [1.54, 1.807) is 4.90 Å². The number of amides is 3. The molecule has 7 nitrogen and oxygen atoms in total. The Morgan fingerprint density at radius 1 is 1.12 bits per heavy atom. The molecule has 2 aliphatic rings. The van der Waals surface area contributed by atoms with Gasteiger partial charge in [-0.2, -0.15) is 0 Å². The second kappa shape index (κ2) is 7.70. The summed E-state index contributed by atoms with van der Waals surface area (Å²) in [5, 5.41) is 10.2. The number of hydrogen-bond donors (Lipinski definition) is 2. The van der Waals surface area contributed by atoms with E-state index in [1.165, 1.54) is 0 Å². The van der Waals surface area contributed by atoms with Gasteiger partial charge >= 0.3 is 6.03 Å². The summed E-state index contributed by atoms with van der Waals surface area (Å²) in [6.45, 7) is 10.8. The molecule has 3 amide bonds. The van der Waals surface area contributed by atoms with Crippen LogP contribution >= 0.6 is 0 Å². The van der Waals surface area contributed by atoms with Crippen molar-refractivity contribution in [3.8, 4) is 0 Å². The first kappa shape index (κ1) is 19.0. The Labute approximate surface area is 144 Å². The molecule has 0 aromatic heterocycles. The highest BCUT2D eigenvalue weighted by Crippen LogP contribution is 2.22. The van der Waals surface area contributed by atoms with Gasteiger partial charge in [0.15, 0.2) is 0 Å². The van der Waals surface area contributed by atoms with E-state index >= 15 is 0 Å². The Balaban J connectivity index is 1.81. The number of rotatable bonds is 3. The van der Waals surface area contributed by atoms with Crippen molar-refractivity contribution in [2.24, 2.45) is 17.1 Å². The number of β-amino-alcohol motifs (C(OH)–C–C–N with tert-alkyl or cyclic N) is 1. The zero-order valence-corrected chi connectivity index (χ0v) is 15.2. The highest BCUT2D eigenvalue weighted by Gasteiger charge is 2.33. The Bertz CT molecular complexity index is 455. The van der Waals surface area contributed by atoms with Crippen molar-refractivity contribution in [2.75, 3.05) is 45.8 Å². The summed E-state index contributed by atoms with van der Waals surface area (Å²) >= 11 is 0. The van der Waals surface area contributed by atoms with E-state index < -0.39 is 6.03 Å². The van der Waals surface area contributed by atoms with E-state index in [-0.39, 0.29) is 23.3 Å². The van der Waals surface area contributed by atoms with Crippen molar-refractivity contribution in [1.82, 2.24) is 14.7 Å². The summed E-state index contributed by atoms with van der Waals surface area (Å²) in [7, 11) is 0. The number of nitrogens with two attached hydrogens (primary N) is 1. The van der Waals surface area contributed by atoms with Gasteiger partial charge in [-0.05, 0) is 18.3 Å². The fraction of sp³-hybridized carbons (Fsp3) is 0.882. The Morgan fingerprint density at radius 3 is 2.29 bits per heavy atom. The van der Waals surface area contributed by atoms with Gasteiger partial charge in [0, 0.05) is 45.8 Å². The number of piperidine rings is 1. The van der Waals surface area contributed by atoms with E-state index in [1.807, 2.05) is 25.7 Å². The largest absolute Gasteiger partial charge is 0.391 e. The molecule has 0 unspecified atom stereocenters. The number of carbonyl (C=O) groups is 2. The summed E-state index contributed by atoms with van der Waals surface area (Å²) < 4.78 is 0. The number of piperazine rings is 1. The monoisotopic (exact) mass is 340 g/mol. The third-order valence-corrected chi connectivity index (χ3v) is 5.20. The molecule has 0 aliphatic carbocycles. The average Bonchev–Trinajstić information content (AvgIpc) is 2.54. The van der Waals surface area contributed by atoms with Crippen LogP contribution in [-0.4, -0.2) is 83.7 Å². The maximum Gasteiger partial charge on any atom is 0.314 e. The molecule has 0 aromatic rings. The smallest absolute Gasteiger partial charge is 0.314 e. The van der Waals surface area contributed by atoms with Crippen molar-refractivity contribution in [3.05, 3.63) is 0 Å². The zero-order chi connectivity index (χ0) is 17.9. The summed E-state index contributed by atoms with van der Waals surface area (Å²) in [6.07, 6.45) is 1.28. The fourth-order valence-corrected chi connectivity index (χ4v) is 3.31. The van der Waals surface area contributed by atoms with E-state index in [9.17, 15) is 14.7 Å². The number of carbonyl (C=O) groups excluding carboxylic acids is 2. The molecular weight excluding hydrogens is 308 g/mol. The van der Waals surface area contributed by atoms with Crippen LogP contribution in [0.2, 0.25) is 0 Å². The molecule has 138 valence electrons. The molecular formula is C17H32N4O3. The summed E-state index contributed by atoms with van der Waals surface area (Å²) in [5.74, 6) is 0.00920. The molecule has 2 atom stereocenters. The van der Waals surface area contributed by atoms with Gasteiger partial charge in [0.2, 0.25) is 5.91 Å². The zero-order valence-electron chi connectivity index (χ0n) is 15.2. The number of primary amides is 1. The standard InChI is InChI=1S/C17H32N4O3/c1-17(2,3)14(22)12-19-7-9-20(10-8-19)15(23)13-5-4-6-21(11-13)16(18)24/h13-14,22H,4-12H2,1-3H3,(H2,18,24)/t13-,14-/m0/s1. The summed E-state index contributed by atoms with van der Waals surface area (Å²) in [6, 6.07) is -0.437. The second-order valence-electron chi connectivity index (χ2n) is 8.13. The summed E-state index contributed by atoms with van der Waals surface area (Å²) in [5.41, 5.74) is 5.21. The van der Waals surface area contributed by atoms with Gasteiger partial charge in [-0.25, -0.2) is 4.79 Å². The Morgan fingerprint density at radius 2 is 1.75 bits per heavy atom. The van der Waals surface area contributed by atoms with Crippen molar-refractivity contribution >= 4 is 11.9 Å². The number of urea groups is 1. The van der Waals surface area contributed by atoms with E-state index in [2.05, 4.69) is 4.90 Å². The van der Waals surface area contributed by atoms with Crippen LogP contribution < -0.4 is 5.73 Å².